The summed E-state index contributed by atoms with van der Waals surface area (Å²) < 4.78 is 1.14. The Hall–Kier alpha value is -3.48. The van der Waals surface area contributed by atoms with Crippen LogP contribution in [0.1, 0.15) is 21.6 Å². The number of carbonyl (C=O) groups is 2. The normalized spacial score (nSPS) is 10.7. The lowest BCUT2D eigenvalue weighted by Crippen LogP contribution is -2.36. The summed E-state index contributed by atoms with van der Waals surface area (Å²) in [5.41, 5.74) is 2.64. The van der Waals surface area contributed by atoms with Gasteiger partial charge in [-0.25, -0.2) is 4.68 Å². The Morgan fingerprint density at radius 1 is 1.07 bits per heavy atom. The SMILES string of the molecule is Cc1cccc(NC(=O)CN(C)C(=O)c2nn(C)c(=O)c3ccccc23)c1C. The summed E-state index contributed by atoms with van der Waals surface area (Å²) in [7, 11) is 3.03. The van der Waals surface area contributed by atoms with Gasteiger partial charge in [0.25, 0.3) is 11.5 Å². The molecule has 0 bridgehead atoms. The van der Waals surface area contributed by atoms with Gasteiger partial charge in [0.15, 0.2) is 5.69 Å². The highest BCUT2D eigenvalue weighted by molar-refractivity contribution is 6.06. The molecule has 0 aliphatic heterocycles. The zero-order chi connectivity index (χ0) is 20.4. The highest BCUT2D eigenvalue weighted by Gasteiger charge is 2.21. The van der Waals surface area contributed by atoms with Gasteiger partial charge < -0.3 is 10.2 Å². The number of hydrogen-bond acceptors (Lipinski definition) is 4. The van der Waals surface area contributed by atoms with Crippen LogP contribution in [0.3, 0.4) is 0 Å². The van der Waals surface area contributed by atoms with Crippen LogP contribution in [0.4, 0.5) is 5.69 Å². The van der Waals surface area contributed by atoms with Crippen molar-refractivity contribution in [2.24, 2.45) is 7.05 Å². The molecule has 1 heterocycles. The van der Waals surface area contributed by atoms with Gasteiger partial charge in [-0.2, -0.15) is 5.10 Å². The second-order valence-corrected chi connectivity index (χ2v) is 6.78. The summed E-state index contributed by atoms with van der Waals surface area (Å²) in [6, 6.07) is 12.5. The summed E-state index contributed by atoms with van der Waals surface area (Å²) in [6.07, 6.45) is 0. The maximum absolute atomic E-state index is 12.9. The van der Waals surface area contributed by atoms with Gasteiger partial charge in [0, 0.05) is 25.2 Å². The average molecular weight is 378 g/mol. The molecule has 2 amide bonds. The number of benzene rings is 2. The Balaban J connectivity index is 1.83. The molecule has 144 valence electrons. The molecule has 0 saturated heterocycles. The van der Waals surface area contributed by atoms with Crippen LogP contribution in [0.15, 0.2) is 47.3 Å². The van der Waals surface area contributed by atoms with Gasteiger partial charge >= 0.3 is 0 Å². The largest absolute Gasteiger partial charge is 0.331 e. The van der Waals surface area contributed by atoms with Crippen molar-refractivity contribution in [2.75, 3.05) is 18.9 Å². The summed E-state index contributed by atoms with van der Waals surface area (Å²) in [4.78, 5) is 38.8. The third kappa shape index (κ3) is 3.64. The van der Waals surface area contributed by atoms with Crippen molar-refractivity contribution in [2.45, 2.75) is 13.8 Å². The van der Waals surface area contributed by atoms with E-state index in [9.17, 15) is 14.4 Å². The first-order valence-corrected chi connectivity index (χ1v) is 8.87. The van der Waals surface area contributed by atoms with Crippen LogP contribution in [0, 0.1) is 13.8 Å². The van der Waals surface area contributed by atoms with E-state index in [1.165, 1.54) is 19.0 Å². The fourth-order valence-corrected chi connectivity index (χ4v) is 3.00. The molecule has 0 saturated carbocycles. The minimum Gasteiger partial charge on any atom is -0.331 e. The molecule has 3 rings (SSSR count). The summed E-state index contributed by atoms with van der Waals surface area (Å²) in [6.45, 7) is 3.77. The van der Waals surface area contributed by atoms with E-state index in [4.69, 9.17) is 0 Å². The third-order valence-electron chi connectivity index (χ3n) is 4.77. The van der Waals surface area contributed by atoms with E-state index in [2.05, 4.69) is 10.4 Å². The number of nitrogens with one attached hydrogen (secondary N) is 1. The molecular formula is C21H22N4O3. The predicted molar refractivity (Wildman–Crippen MR) is 108 cm³/mol. The molecule has 0 aliphatic carbocycles. The molecule has 2 aromatic carbocycles. The first kappa shape index (κ1) is 19.3. The van der Waals surface area contributed by atoms with E-state index in [-0.39, 0.29) is 23.7 Å². The zero-order valence-electron chi connectivity index (χ0n) is 16.3. The van der Waals surface area contributed by atoms with Gasteiger partial charge in [0.05, 0.1) is 11.9 Å². The van der Waals surface area contributed by atoms with Gasteiger partial charge in [0.1, 0.15) is 0 Å². The van der Waals surface area contributed by atoms with E-state index >= 15 is 0 Å². The Morgan fingerprint density at radius 3 is 2.46 bits per heavy atom. The van der Waals surface area contributed by atoms with Crippen LogP contribution in [-0.2, 0) is 11.8 Å². The van der Waals surface area contributed by atoms with Gasteiger partial charge in [-0.05, 0) is 37.1 Å². The van der Waals surface area contributed by atoms with Crippen molar-refractivity contribution < 1.29 is 9.59 Å². The van der Waals surface area contributed by atoms with Crippen LogP contribution in [-0.4, -0.2) is 40.1 Å². The Bertz CT molecular complexity index is 1130. The summed E-state index contributed by atoms with van der Waals surface area (Å²) in [5, 5.41) is 7.84. The van der Waals surface area contributed by atoms with Crippen LogP contribution >= 0.6 is 0 Å². The number of fused-ring (bicyclic) bond motifs is 1. The molecule has 0 atom stereocenters. The molecule has 0 spiro atoms. The van der Waals surface area contributed by atoms with Gasteiger partial charge in [-0.15, -0.1) is 0 Å². The van der Waals surface area contributed by atoms with Crippen LogP contribution in [0.2, 0.25) is 0 Å². The zero-order valence-corrected chi connectivity index (χ0v) is 16.3. The number of amides is 2. The maximum Gasteiger partial charge on any atom is 0.275 e. The summed E-state index contributed by atoms with van der Waals surface area (Å²) in [5.74, 6) is -0.735. The standard InChI is InChI=1S/C21H22N4O3/c1-13-8-7-11-17(14(13)2)22-18(26)12-24(3)21(28)19-15-9-5-6-10-16(15)20(27)25(4)23-19/h5-11H,12H2,1-4H3,(H,22,26). The number of nitrogens with zero attached hydrogens (tertiary/aromatic N) is 3. The van der Waals surface area contributed by atoms with Crippen LogP contribution in [0.5, 0.6) is 0 Å². The predicted octanol–water partition coefficient (Wildman–Crippen LogP) is 2.26. The fraction of sp³-hybridized carbons (Fsp3) is 0.238. The lowest BCUT2D eigenvalue weighted by atomic mass is 10.1. The molecule has 0 fully saturated rings. The highest BCUT2D eigenvalue weighted by atomic mass is 16.2. The van der Waals surface area contributed by atoms with Crippen molar-refractivity contribution in [3.63, 3.8) is 0 Å². The van der Waals surface area contributed by atoms with E-state index < -0.39 is 5.91 Å². The van der Waals surface area contributed by atoms with Crippen molar-refractivity contribution in [1.29, 1.82) is 0 Å². The lowest BCUT2D eigenvalue weighted by molar-refractivity contribution is -0.116. The highest BCUT2D eigenvalue weighted by Crippen LogP contribution is 2.18. The topological polar surface area (TPSA) is 84.3 Å². The molecular weight excluding hydrogens is 356 g/mol. The second-order valence-electron chi connectivity index (χ2n) is 6.78. The van der Waals surface area contributed by atoms with Crippen molar-refractivity contribution in [3.8, 4) is 0 Å². The maximum atomic E-state index is 12.9. The number of likely N-dealkylation sites (N-methyl/N-ethyl adjacent to an activating group) is 1. The van der Waals surface area contributed by atoms with Gasteiger partial charge in [-0.3, -0.25) is 14.4 Å². The monoisotopic (exact) mass is 378 g/mol. The van der Waals surface area contributed by atoms with Gasteiger partial charge in [0.2, 0.25) is 5.91 Å². The summed E-state index contributed by atoms with van der Waals surface area (Å²) >= 11 is 0. The minimum atomic E-state index is -0.428. The quantitative estimate of drug-likeness (QED) is 0.755. The Morgan fingerprint density at radius 2 is 1.75 bits per heavy atom. The number of aryl methyl sites for hydroxylation is 2. The first-order chi connectivity index (χ1) is 13.3. The number of hydrogen-bond donors (Lipinski definition) is 1. The molecule has 0 unspecified atom stereocenters. The first-order valence-electron chi connectivity index (χ1n) is 8.87. The molecule has 0 radical (unpaired) electrons. The Kier molecular flexibility index (Phi) is 5.26. The molecule has 0 aliphatic rings. The molecule has 7 nitrogen and oxygen atoms in total. The molecule has 1 N–H and O–H groups in total. The van der Waals surface area contributed by atoms with Crippen molar-refractivity contribution >= 4 is 28.3 Å². The van der Waals surface area contributed by atoms with Gasteiger partial charge in [-0.1, -0.05) is 30.3 Å². The lowest BCUT2D eigenvalue weighted by Gasteiger charge is -2.18. The third-order valence-corrected chi connectivity index (χ3v) is 4.77. The minimum absolute atomic E-state index is 0.134. The number of carbonyl (C=O) groups excluding carboxylic acids is 2. The van der Waals surface area contributed by atoms with Crippen molar-refractivity contribution in [3.05, 3.63) is 69.6 Å². The average Bonchev–Trinajstić information content (AvgIpc) is 2.67. The smallest absolute Gasteiger partial charge is 0.275 e. The van der Waals surface area contributed by atoms with E-state index in [0.29, 0.717) is 10.8 Å². The number of anilines is 1. The van der Waals surface area contributed by atoms with Crippen molar-refractivity contribution in [1.82, 2.24) is 14.7 Å². The Labute approximate surface area is 162 Å². The fourth-order valence-electron chi connectivity index (χ4n) is 3.00. The molecule has 7 heteroatoms. The molecule has 28 heavy (non-hydrogen) atoms. The number of aromatic nitrogens is 2. The van der Waals surface area contributed by atoms with E-state index in [1.807, 2.05) is 32.0 Å². The van der Waals surface area contributed by atoms with Crippen LogP contribution < -0.4 is 10.9 Å². The molecule has 1 aromatic heterocycles. The van der Waals surface area contributed by atoms with Crippen LogP contribution in [0.25, 0.3) is 10.8 Å². The van der Waals surface area contributed by atoms with E-state index in [1.54, 1.807) is 24.3 Å². The number of rotatable bonds is 4. The van der Waals surface area contributed by atoms with E-state index in [0.717, 1.165) is 21.5 Å². The molecule has 3 aromatic rings. The second kappa shape index (κ2) is 7.64.